The molecule has 24 heavy (non-hydrogen) atoms. The highest BCUT2D eigenvalue weighted by atomic mass is 19.2. The first kappa shape index (κ1) is 15.7. The first-order chi connectivity index (χ1) is 11.4. The molecule has 0 N–H and O–H groups in total. The standard InChI is InChI=1S/C19H20F2O3/c20-15-2-1-14(6-16(15)21)17(22)10-24-18(23)19-7-11-3-12(8-19)5-13(4-11)9-19/h1-2,6,11-13H,3-5,7-10H2. The molecule has 0 atom stereocenters. The molecule has 3 nitrogen and oxygen atoms in total. The second-order valence-electron chi connectivity index (χ2n) is 7.83. The maximum Gasteiger partial charge on any atom is 0.312 e. The lowest BCUT2D eigenvalue weighted by atomic mass is 9.49. The topological polar surface area (TPSA) is 43.4 Å². The zero-order chi connectivity index (χ0) is 16.9. The highest BCUT2D eigenvalue weighted by Crippen LogP contribution is 2.60. The predicted octanol–water partition coefficient (Wildman–Crippen LogP) is 3.91. The summed E-state index contributed by atoms with van der Waals surface area (Å²) in [5.74, 6) is -1.02. The monoisotopic (exact) mass is 334 g/mol. The zero-order valence-electron chi connectivity index (χ0n) is 13.4. The molecule has 0 aromatic heterocycles. The van der Waals surface area contributed by atoms with Crippen LogP contribution < -0.4 is 0 Å². The summed E-state index contributed by atoms with van der Waals surface area (Å²) in [5.41, 5.74) is -0.393. The number of ether oxygens (including phenoxy) is 1. The van der Waals surface area contributed by atoms with Crippen LogP contribution in [0.4, 0.5) is 8.78 Å². The minimum Gasteiger partial charge on any atom is -0.457 e. The molecule has 4 aliphatic carbocycles. The van der Waals surface area contributed by atoms with Gasteiger partial charge >= 0.3 is 5.97 Å². The Morgan fingerprint density at radius 1 is 1.00 bits per heavy atom. The molecule has 4 aliphatic rings. The van der Waals surface area contributed by atoms with Gasteiger partial charge in [-0.2, -0.15) is 0 Å². The Labute approximate surface area is 139 Å². The number of carbonyl (C=O) groups is 2. The molecule has 4 fully saturated rings. The Morgan fingerprint density at radius 2 is 1.58 bits per heavy atom. The quantitative estimate of drug-likeness (QED) is 0.619. The van der Waals surface area contributed by atoms with Crippen LogP contribution in [0.5, 0.6) is 0 Å². The summed E-state index contributed by atoms with van der Waals surface area (Å²) in [7, 11) is 0. The lowest BCUT2D eigenvalue weighted by molar-refractivity contribution is -0.170. The molecular weight excluding hydrogens is 314 g/mol. The van der Waals surface area contributed by atoms with Crippen molar-refractivity contribution in [2.75, 3.05) is 6.61 Å². The lowest BCUT2D eigenvalue weighted by Gasteiger charge is -2.55. The third-order valence-corrected chi connectivity index (χ3v) is 6.05. The Bertz CT molecular complexity index is 663. The fourth-order valence-electron chi connectivity index (χ4n) is 5.40. The molecule has 0 aliphatic heterocycles. The van der Waals surface area contributed by atoms with Crippen LogP contribution in [-0.2, 0) is 9.53 Å². The molecule has 0 radical (unpaired) electrons. The Hall–Kier alpha value is -1.78. The van der Waals surface area contributed by atoms with Gasteiger partial charge in [0.1, 0.15) is 0 Å². The van der Waals surface area contributed by atoms with Crippen molar-refractivity contribution in [1.82, 2.24) is 0 Å². The van der Waals surface area contributed by atoms with E-state index in [9.17, 15) is 18.4 Å². The molecule has 0 heterocycles. The van der Waals surface area contributed by atoms with E-state index in [0.29, 0.717) is 17.8 Å². The summed E-state index contributed by atoms with van der Waals surface area (Å²) in [6.45, 7) is -0.411. The molecule has 5 heteroatoms. The van der Waals surface area contributed by atoms with Crippen molar-refractivity contribution in [3.05, 3.63) is 35.4 Å². The van der Waals surface area contributed by atoms with Crippen LogP contribution in [0.3, 0.4) is 0 Å². The molecule has 1 aromatic carbocycles. The number of hydrogen-bond acceptors (Lipinski definition) is 3. The van der Waals surface area contributed by atoms with Gasteiger partial charge in [-0.15, -0.1) is 0 Å². The van der Waals surface area contributed by atoms with Crippen molar-refractivity contribution in [1.29, 1.82) is 0 Å². The summed E-state index contributed by atoms with van der Waals surface area (Å²) in [6.07, 6.45) is 6.28. The van der Waals surface area contributed by atoms with Crippen LogP contribution in [0.25, 0.3) is 0 Å². The van der Waals surface area contributed by atoms with E-state index in [2.05, 4.69) is 0 Å². The normalized spacial score (nSPS) is 33.5. The average molecular weight is 334 g/mol. The fraction of sp³-hybridized carbons (Fsp3) is 0.579. The van der Waals surface area contributed by atoms with E-state index in [1.807, 2.05) is 0 Å². The van der Waals surface area contributed by atoms with Crippen LogP contribution in [-0.4, -0.2) is 18.4 Å². The minimum atomic E-state index is -1.08. The van der Waals surface area contributed by atoms with Gasteiger partial charge in [-0.3, -0.25) is 9.59 Å². The second kappa shape index (κ2) is 5.64. The number of hydrogen-bond donors (Lipinski definition) is 0. The fourth-order valence-corrected chi connectivity index (χ4v) is 5.40. The van der Waals surface area contributed by atoms with Gasteiger partial charge < -0.3 is 4.74 Å². The largest absolute Gasteiger partial charge is 0.457 e. The van der Waals surface area contributed by atoms with Crippen LogP contribution >= 0.6 is 0 Å². The van der Waals surface area contributed by atoms with Gasteiger partial charge in [-0.1, -0.05) is 0 Å². The van der Waals surface area contributed by atoms with Crippen molar-refractivity contribution in [3.8, 4) is 0 Å². The van der Waals surface area contributed by atoms with Crippen LogP contribution in [0.15, 0.2) is 18.2 Å². The number of halogens is 2. The summed E-state index contributed by atoms with van der Waals surface area (Å²) in [5, 5.41) is 0. The van der Waals surface area contributed by atoms with Crippen molar-refractivity contribution in [3.63, 3.8) is 0 Å². The smallest absolute Gasteiger partial charge is 0.312 e. The number of rotatable bonds is 4. The third kappa shape index (κ3) is 2.64. The lowest BCUT2D eigenvalue weighted by Crippen LogP contribution is -2.50. The summed E-state index contributed by atoms with van der Waals surface area (Å²) in [6, 6.07) is 2.96. The third-order valence-electron chi connectivity index (χ3n) is 6.05. The molecule has 4 saturated carbocycles. The van der Waals surface area contributed by atoms with Gasteiger partial charge in [0.25, 0.3) is 0 Å². The van der Waals surface area contributed by atoms with Crippen LogP contribution in [0, 0.1) is 34.8 Å². The highest BCUT2D eigenvalue weighted by molar-refractivity contribution is 5.98. The van der Waals surface area contributed by atoms with Gasteiger partial charge in [0.2, 0.25) is 0 Å². The highest BCUT2D eigenvalue weighted by Gasteiger charge is 2.55. The number of esters is 1. The van der Waals surface area contributed by atoms with E-state index in [-0.39, 0.29) is 11.5 Å². The SMILES string of the molecule is O=C(COC(=O)C12CC3CC(CC(C3)C1)C2)c1ccc(F)c(F)c1. The number of carbonyl (C=O) groups excluding carboxylic acids is 2. The molecule has 1 aromatic rings. The van der Waals surface area contributed by atoms with Gasteiger partial charge in [0.15, 0.2) is 24.0 Å². The van der Waals surface area contributed by atoms with E-state index >= 15 is 0 Å². The maximum atomic E-state index is 13.2. The summed E-state index contributed by atoms with van der Waals surface area (Å²) >= 11 is 0. The van der Waals surface area contributed by atoms with Gasteiger partial charge in [-0.05, 0) is 74.5 Å². The molecule has 0 spiro atoms. The number of ketones is 1. The van der Waals surface area contributed by atoms with Crippen LogP contribution in [0.2, 0.25) is 0 Å². The summed E-state index contributed by atoms with van der Waals surface area (Å²) < 4.78 is 31.4. The van der Waals surface area contributed by atoms with E-state index < -0.39 is 29.4 Å². The Morgan fingerprint density at radius 3 is 2.12 bits per heavy atom. The van der Waals surface area contributed by atoms with E-state index in [1.54, 1.807) is 0 Å². The minimum absolute atomic E-state index is 0.0206. The zero-order valence-corrected chi connectivity index (χ0v) is 13.4. The molecule has 128 valence electrons. The average Bonchev–Trinajstić information content (AvgIpc) is 2.53. The Balaban J connectivity index is 1.41. The molecule has 0 saturated heterocycles. The summed E-state index contributed by atoms with van der Waals surface area (Å²) in [4.78, 5) is 24.7. The maximum absolute atomic E-state index is 13.2. The van der Waals surface area contributed by atoms with E-state index in [0.717, 1.165) is 31.4 Å². The van der Waals surface area contributed by atoms with Crippen molar-refractivity contribution in [2.45, 2.75) is 38.5 Å². The molecular formula is C19H20F2O3. The predicted molar refractivity (Wildman–Crippen MR) is 82.3 cm³/mol. The van der Waals surface area contributed by atoms with Crippen molar-refractivity contribution < 1.29 is 23.1 Å². The Kier molecular flexibility index (Phi) is 3.70. The number of benzene rings is 1. The molecule has 5 rings (SSSR count). The second-order valence-corrected chi connectivity index (χ2v) is 7.83. The van der Waals surface area contributed by atoms with E-state index in [4.69, 9.17) is 4.74 Å². The van der Waals surface area contributed by atoms with E-state index in [1.165, 1.54) is 25.3 Å². The van der Waals surface area contributed by atoms with Crippen molar-refractivity contribution >= 4 is 11.8 Å². The van der Waals surface area contributed by atoms with Crippen molar-refractivity contribution in [2.24, 2.45) is 23.2 Å². The molecule has 0 amide bonds. The first-order valence-electron chi connectivity index (χ1n) is 8.61. The first-order valence-corrected chi connectivity index (χ1v) is 8.61. The molecule has 4 bridgehead atoms. The van der Waals surface area contributed by atoms with Gasteiger partial charge in [-0.25, -0.2) is 8.78 Å². The van der Waals surface area contributed by atoms with Gasteiger partial charge in [0.05, 0.1) is 5.41 Å². The molecule has 0 unspecified atom stereocenters. The van der Waals surface area contributed by atoms with Gasteiger partial charge in [0, 0.05) is 5.56 Å². The van der Waals surface area contributed by atoms with Crippen LogP contribution in [0.1, 0.15) is 48.9 Å². The number of Topliss-reactive ketones (excluding diaryl/α,β-unsaturated/α-hetero) is 1.